The van der Waals surface area contributed by atoms with Crippen LogP contribution in [-0.4, -0.2) is 19.9 Å². The number of nitrogens with one attached hydrogen (secondary N) is 1. The van der Waals surface area contributed by atoms with Crippen molar-refractivity contribution in [2.24, 2.45) is 0 Å². The summed E-state index contributed by atoms with van der Waals surface area (Å²) in [6, 6.07) is 4.10. The largest absolute Gasteiger partial charge is 0.465 e. The molecule has 0 atom stereocenters. The second-order valence-electron chi connectivity index (χ2n) is 3.42. The van der Waals surface area contributed by atoms with Crippen LogP contribution in [0.5, 0.6) is 5.75 Å². The van der Waals surface area contributed by atoms with Crippen LogP contribution in [0.25, 0.3) is 0 Å². The maximum Gasteiger partial charge on any atom is 0.189 e. The highest BCUT2D eigenvalue weighted by atomic mass is 79.9. The van der Waals surface area contributed by atoms with Gasteiger partial charge in [-0.1, -0.05) is 6.92 Å². The fourth-order valence-corrected chi connectivity index (χ4v) is 2.82. The van der Waals surface area contributed by atoms with Gasteiger partial charge in [-0.05, 0) is 63.0 Å². The van der Waals surface area contributed by atoms with E-state index in [4.69, 9.17) is 9.47 Å². The first-order valence-corrected chi connectivity index (χ1v) is 7.16. The fourth-order valence-electron chi connectivity index (χ4n) is 1.31. The number of benzene rings is 1. The summed E-state index contributed by atoms with van der Waals surface area (Å²) < 4.78 is 12.6. The zero-order valence-electron chi connectivity index (χ0n) is 10.1. The first kappa shape index (κ1) is 15.0. The van der Waals surface area contributed by atoms with Crippen molar-refractivity contribution in [1.29, 1.82) is 0 Å². The molecule has 5 heteroatoms. The molecule has 0 unspecified atom stereocenters. The van der Waals surface area contributed by atoms with Gasteiger partial charge in [0.1, 0.15) is 0 Å². The normalized spacial score (nSPS) is 10.6. The summed E-state index contributed by atoms with van der Waals surface area (Å²) in [6.07, 6.45) is 0. The zero-order valence-corrected chi connectivity index (χ0v) is 13.2. The van der Waals surface area contributed by atoms with E-state index < -0.39 is 0 Å². The standard InChI is InChI=1S/C12H17Br2NO2/c1-3-15-7-9-5-10(13)12(11(14)6-9)17-8-16-4-2/h5-6,15H,3-4,7-8H2,1-2H3. The van der Waals surface area contributed by atoms with Crippen LogP contribution in [0.2, 0.25) is 0 Å². The van der Waals surface area contributed by atoms with Gasteiger partial charge in [-0.25, -0.2) is 0 Å². The Balaban J connectivity index is 2.72. The molecule has 0 radical (unpaired) electrons. The van der Waals surface area contributed by atoms with E-state index in [1.807, 2.05) is 6.92 Å². The molecule has 0 aliphatic rings. The van der Waals surface area contributed by atoms with Gasteiger partial charge in [0.2, 0.25) is 0 Å². The number of ether oxygens (including phenoxy) is 2. The molecule has 96 valence electrons. The average molecular weight is 367 g/mol. The minimum absolute atomic E-state index is 0.264. The Labute approximate surface area is 119 Å². The smallest absolute Gasteiger partial charge is 0.189 e. The molecule has 1 aromatic rings. The minimum atomic E-state index is 0.264. The number of rotatable bonds is 7. The molecular formula is C12H17Br2NO2. The number of hydrogen-bond acceptors (Lipinski definition) is 3. The Hall–Kier alpha value is -0.100. The van der Waals surface area contributed by atoms with E-state index in [1.54, 1.807) is 0 Å². The maximum absolute atomic E-state index is 5.53. The van der Waals surface area contributed by atoms with Crippen LogP contribution in [0.1, 0.15) is 19.4 Å². The molecular weight excluding hydrogens is 350 g/mol. The van der Waals surface area contributed by atoms with Gasteiger partial charge in [0.05, 0.1) is 8.95 Å². The zero-order chi connectivity index (χ0) is 12.7. The van der Waals surface area contributed by atoms with Crippen LogP contribution in [0.4, 0.5) is 0 Å². The molecule has 0 heterocycles. The third-order valence-corrected chi connectivity index (χ3v) is 3.31. The van der Waals surface area contributed by atoms with Gasteiger partial charge in [0.15, 0.2) is 12.5 Å². The molecule has 3 nitrogen and oxygen atoms in total. The summed E-state index contributed by atoms with van der Waals surface area (Å²) in [5.41, 5.74) is 1.20. The van der Waals surface area contributed by atoms with Crippen molar-refractivity contribution >= 4 is 31.9 Å². The summed E-state index contributed by atoms with van der Waals surface area (Å²) in [4.78, 5) is 0. The first-order valence-electron chi connectivity index (χ1n) is 5.58. The van der Waals surface area contributed by atoms with Gasteiger partial charge in [0, 0.05) is 13.2 Å². The quantitative estimate of drug-likeness (QED) is 0.589. The van der Waals surface area contributed by atoms with Crippen LogP contribution in [0.3, 0.4) is 0 Å². The van der Waals surface area contributed by atoms with Crippen LogP contribution >= 0.6 is 31.9 Å². The molecule has 1 aromatic carbocycles. The topological polar surface area (TPSA) is 30.5 Å². The minimum Gasteiger partial charge on any atom is -0.465 e. The van der Waals surface area contributed by atoms with Crippen molar-refractivity contribution in [2.75, 3.05) is 19.9 Å². The Morgan fingerprint density at radius 2 is 1.82 bits per heavy atom. The average Bonchev–Trinajstić information content (AvgIpc) is 2.30. The molecule has 0 spiro atoms. The second-order valence-corrected chi connectivity index (χ2v) is 5.13. The van der Waals surface area contributed by atoms with E-state index in [1.165, 1.54) is 5.56 Å². The molecule has 1 rings (SSSR count). The van der Waals surface area contributed by atoms with Crippen molar-refractivity contribution in [2.45, 2.75) is 20.4 Å². The Morgan fingerprint density at radius 1 is 1.18 bits per heavy atom. The van der Waals surface area contributed by atoms with Gasteiger partial charge in [-0.3, -0.25) is 0 Å². The second kappa shape index (κ2) is 8.08. The highest BCUT2D eigenvalue weighted by Gasteiger charge is 2.08. The molecule has 17 heavy (non-hydrogen) atoms. The molecule has 0 aliphatic carbocycles. The lowest BCUT2D eigenvalue weighted by atomic mass is 10.2. The van der Waals surface area contributed by atoms with Crippen LogP contribution in [0, 0.1) is 0 Å². The molecule has 0 bridgehead atoms. The van der Waals surface area contributed by atoms with E-state index in [9.17, 15) is 0 Å². The lowest BCUT2D eigenvalue weighted by Gasteiger charge is -2.12. The van der Waals surface area contributed by atoms with Gasteiger partial charge in [-0.15, -0.1) is 0 Å². The molecule has 0 aliphatic heterocycles. The van der Waals surface area contributed by atoms with Crippen molar-refractivity contribution < 1.29 is 9.47 Å². The Bertz CT molecular complexity index is 335. The third kappa shape index (κ3) is 4.95. The van der Waals surface area contributed by atoms with Crippen LogP contribution in [0.15, 0.2) is 21.1 Å². The van der Waals surface area contributed by atoms with E-state index in [0.29, 0.717) is 6.61 Å². The van der Waals surface area contributed by atoms with Crippen LogP contribution in [-0.2, 0) is 11.3 Å². The van der Waals surface area contributed by atoms with Crippen molar-refractivity contribution in [1.82, 2.24) is 5.32 Å². The molecule has 0 fully saturated rings. The monoisotopic (exact) mass is 365 g/mol. The molecule has 1 N–H and O–H groups in total. The lowest BCUT2D eigenvalue weighted by molar-refractivity contribution is 0.0215. The Morgan fingerprint density at radius 3 is 2.35 bits per heavy atom. The van der Waals surface area contributed by atoms with E-state index in [0.717, 1.165) is 27.8 Å². The maximum atomic E-state index is 5.53. The molecule has 0 saturated heterocycles. The van der Waals surface area contributed by atoms with Crippen molar-refractivity contribution in [3.63, 3.8) is 0 Å². The van der Waals surface area contributed by atoms with E-state index in [-0.39, 0.29) is 6.79 Å². The summed E-state index contributed by atoms with van der Waals surface area (Å²) in [5.74, 6) is 0.777. The molecule has 0 saturated carbocycles. The summed E-state index contributed by atoms with van der Waals surface area (Å²) >= 11 is 7.01. The fraction of sp³-hybridized carbons (Fsp3) is 0.500. The van der Waals surface area contributed by atoms with E-state index in [2.05, 4.69) is 56.2 Å². The molecule has 0 aromatic heterocycles. The van der Waals surface area contributed by atoms with Crippen molar-refractivity contribution in [3.05, 3.63) is 26.6 Å². The highest BCUT2D eigenvalue weighted by Crippen LogP contribution is 2.34. The molecule has 0 amide bonds. The number of halogens is 2. The number of hydrogen-bond donors (Lipinski definition) is 1. The first-order chi connectivity index (χ1) is 8.19. The lowest BCUT2D eigenvalue weighted by Crippen LogP contribution is -2.12. The van der Waals surface area contributed by atoms with Gasteiger partial charge >= 0.3 is 0 Å². The predicted octanol–water partition coefficient (Wildman–Crippen LogP) is 3.69. The van der Waals surface area contributed by atoms with Crippen LogP contribution < -0.4 is 10.1 Å². The predicted molar refractivity (Wildman–Crippen MR) is 76.3 cm³/mol. The SMILES string of the molecule is CCNCc1cc(Br)c(OCOCC)c(Br)c1. The van der Waals surface area contributed by atoms with Gasteiger partial charge in [0.25, 0.3) is 0 Å². The van der Waals surface area contributed by atoms with Gasteiger partial charge < -0.3 is 14.8 Å². The van der Waals surface area contributed by atoms with Gasteiger partial charge in [-0.2, -0.15) is 0 Å². The summed E-state index contributed by atoms with van der Waals surface area (Å²) in [7, 11) is 0. The van der Waals surface area contributed by atoms with Crippen molar-refractivity contribution in [3.8, 4) is 5.75 Å². The van der Waals surface area contributed by atoms with E-state index >= 15 is 0 Å². The third-order valence-electron chi connectivity index (χ3n) is 2.13. The summed E-state index contributed by atoms with van der Waals surface area (Å²) in [6.45, 7) is 6.74. The Kier molecular flexibility index (Phi) is 7.11. The highest BCUT2D eigenvalue weighted by molar-refractivity contribution is 9.11. The summed E-state index contributed by atoms with van der Waals surface area (Å²) in [5, 5.41) is 3.28.